The van der Waals surface area contributed by atoms with Crippen LogP contribution in [-0.2, 0) is 4.74 Å². The minimum Gasteiger partial charge on any atom is -0.374 e. The van der Waals surface area contributed by atoms with Crippen LogP contribution in [0.4, 0.5) is 0 Å². The van der Waals surface area contributed by atoms with Gasteiger partial charge < -0.3 is 4.74 Å². The predicted molar refractivity (Wildman–Crippen MR) is 37.0 cm³/mol. The van der Waals surface area contributed by atoms with E-state index >= 15 is 0 Å². The largest absolute Gasteiger partial charge is 0.374 e. The first kappa shape index (κ1) is 6.64. The number of hydrogen-bond donors (Lipinski definition) is 0. The first-order valence-corrected chi connectivity index (χ1v) is 3.42. The van der Waals surface area contributed by atoms with Crippen LogP contribution in [0, 0.1) is 12.3 Å². The summed E-state index contributed by atoms with van der Waals surface area (Å²) in [4.78, 5) is 0. The molecule has 2 unspecified atom stereocenters. The zero-order chi connectivity index (χ0) is 6.69. The molecule has 0 saturated carbocycles. The second-order valence-corrected chi connectivity index (χ2v) is 2.55. The molecule has 0 aromatic heterocycles. The van der Waals surface area contributed by atoms with E-state index in [1.54, 1.807) is 0 Å². The molecule has 1 rings (SSSR count). The molecule has 9 heavy (non-hydrogen) atoms. The van der Waals surface area contributed by atoms with Crippen molar-refractivity contribution in [3.63, 3.8) is 0 Å². The van der Waals surface area contributed by atoms with Crippen LogP contribution < -0.4 is 0 Å². The average molecular weight is 124 g/mol. The van der Waals surface area contributed by atoms with E-state index in [1.165, 1.54) is 6.42 Å². The minimum atomic E-state index is 0.352. The lowest BCUT2D eigenvalue weighted by molar-refractivity contribution is 0.0592. The third kappa shape index (κ3) is 1.73. The van der Waals surface area contributed by atoms with Gasteiger partial charge in [-0.1, -0.05) is 0 Å². The molecule has 1 heterocycles. The highest BCUT2D eigenvalue weighted by Crippen LogP contribution is 2.20. The summed E-state index contributed by atoms with van der Waals surface area (Å²) in [6.07, 6.45) is 9.01. The summed E-state index contributed by atoms with van der Waals surface area (Å²) >= 11 is 0. The van der Waals surface area contributed by atoms with Crippen molar-refractivity contribution in [2.75, 3.05) is 0 Å². The van der Waals surface area contributed by atoms with Crippen LogP contribution >= 0.6 is 0 Å². The first-order chi connectivity index (χ1) is 4.33. The van der Waals surface area contributed by atoms with Crippen LogP contribution in [0.25, 0.3) is 0 Å². The van der Waals surface area contributed by atoms with Crippen molar-refractivity contribution in [2.24, 2.45) is 0 Å². The summed E-state index contributed by atoms with van der Waals surface area (Å²) in [5, 5.41) is 0. The summed E-state index contributed by atoms with van der Waals surface area (Å²) in [6, 6.07) is 0. The minimum absolute atomic E-state index is 0.352. The van der Waals surface area contributed by atoms with E-state index < -0.39 is 0 Å². The quantitative estimate of drug-likeness (QED) is 0.482. The number of ether oxygens (including phenoxy) is 1. The van der Waals surface area contributed by atoms with E-state index in [1.807, 2.05) is 0 Å². The highest BCUT2D eigenvalue weighted by Gasteiger charge is 2.19. The molecule has 1 nitrogen and oxygen atoms in total. The molecule has 1 saturated heterocycles. The number of rotatable bonds is 1. The van der Waals surface area contributed by atoms with Crippen molar-refractivity contribution >= 4 is 0 Å². The van der Waals surface area contributed by atoms with Gasteiger partial charge in [0.05, 0.1) is 12.2 Å². The van der Waals surface area contributed by atoms with Crippen molar-refractivity contribution < 1.29 is 4.74 Å². The smallest absolute Gasteiger partial charge is 0.0688 e. The van der Waals surface area contributed by atoms with Crippen molar-refractivity contribution in [1.29, 1.82) is 0 Å². The Morgan fingerprint density at radius 2 is 2.44 bits per heavy atom. The third-order valence-corrected chi connectivity index (χ3v) is 1.67. The monoisotopic (exact) mass is 124 g/mol. The van der Waals surface area contributed by atoms with Gasteiger partial charge in [0.25, 0.3) is 0 Å². The Morgan fingerprint density at radius 3 is 2.89 bits per heavy atom. The van der Waals surface area contributed by atoms with E-state index in [-0.39, 0.29) is 0 Å². The molecule has 0 aliphatic carbocycles. The van der Waals surface area contributed by atoms with Gasteiger partial charge in [-0.05, 0) is 19.8 Å². The molecule has 1 heteroatoms. The van der Waals surface area contributed by atoms with E-state index in [0.717, 1.165) is 12.8 Å². The lowest BCUT2D eigenvalue weighted by Crippen LogP contribution is -2.06. The maximum absolute atomic E-state index is 5.46. The molecule has 0 aromatic rings. The molecule has 0 N–H and O–H groups in total. The van der Waals surface area contributed by atoms with Crippen LogP contribution in [0.2, 0.25) is 0 Å². The second kappa shape index (κ2) is 2.89. The van der Waals surface area contributed by atoms with Gasteiger partial charge in [0.2, 0.25) is 0 Å². The van der Waals surface area contributed by atoms with Gasteiger partial charge in [0, 0.05) is 6.42 Å². The molecule has 0 spiro atoms. The summed E-state index contributed by atoms with van der Waals surface area (Å²) < 4.78 is 5.46. The van der Waals surface area contributed by atoms with Crippen LogP contribution in [0.3, 0.4) is 0 Å². The van der Waals surface area contributed by atoms with Gasteiger partial charge in [-0.2, -0.15) is 0 Å². The van der Waals surface area contributed by atoms with Crippen molar-refractivity contribution in [2.45, 2.75) is 38.4 Å². The molecule has 0 bridgehead atoms. The first-order valence-electron chi connectivity index (χ1n) is 3.42. The Kier molecular flexibility index (Phi) is 2.13. The van der Waals surface area contributed by atoms with Crippen molar-refractivity contribution in [1.82, 2.24) is 0 Å². The molecular formula is C8H12O. The summed E-state index contributed by atoms with van der Waals surface area (Å²) in [6.45, 7) is 2.09. The van der Waals surface area contributed by atoms with Gasteiger partial charge in [-0.3, -0.25) is 0 Å². The molecule has 2 atom stereocenters. The van der Waals surface area contributed by atoms with E-state index in [2.05, 4.69) is 12.8 Å². The van der Waals surface area contributed by atoms with Crippen LogP contribution in [-0.4, -0.2) is 12.2 Å². The molecule has 50 valence electrons. The molecule has 0 amide bonds. The van der Waals surface area contributed by atoms with Crippen LogP contribution in [0.1, 0.15) is 26.2 Å². The number of terminal acetylenes is 1. The molecule has 0 aromatic carbocycles. The molecular weight excluding hydrogens is 112 g/mol. The molecule has 1 aliphatic rings. The Hall–Kier alpha value is -0.480. The van der Waals surface area contributed by atoms with E-state index in [4.69, 9.17) is 11.2 Å². The lowest BCUT2D eigenvalue weighted by atomic mass is 10.2. The van der Waals surface area contributed by atoms with Gasteiger partial charge >= 0.3 is 0 Å². The highest BCUT2D eigenvalue weighted by molar-refractivity contribution is 4.89. The summed E-state index contributed by atoms with van der Waals surface area (Å²) in [7, 11) is 0. The SMILES string of the molecule is C#CCC1CCC(C)O1. The van der Waals surface area contributed by atoms with E-state index in [9.17, 15) is 0 Å². The number of hydrogen-bond acceptors (Lipinski definition) is 1. The third-order valence-electron chi connectivity index (χ3n) is 1.67. The topological polar surface area (TPSA) is 9.23 Å². The van der Waals surface area contributed by atoms with Crippen LogP contribution in [0.5, 0.6) is 0 Å². The standard InChI is InChI=1S/C8H12O/c1-3-4-8-6-5-7(2)9-8/h1,7-8H,4-6H2,2H3. The summed E-state index contributed by atoms with van der Waals surface area (Å²) in [5.41, 5.74) is 0. The predicted octanol–water partition coefficient (Wildman–Crippen LogP) is 1.58. The van der Waals surface area contributed by atoms with Gasteiger partial charge in [0.1, 0.15) is 0 Å². The normalized spacial score (nSPS) is 34.2. The molecule has 1 fully saturated rings. The highest BCUT2D eigenvalue weighted by atomic mass is 16.5. The zero-order valence-corrected chi connectivity index (χ0v) is 5.76. The van der Waals surface area contributed by atoms with Gasteiger partial charge in [-0.15, -0.1) is 12.3 Å². The zero-order valence-electron chi connectivity index (χ0n) is 5.76. The fourth-order valence-corrected chi connectivity index (χ4v) is 1.17. The van der Waals surface area contributed by atoms with E-state index in [0.29, 0.717) is 12.2 Å². The van der Waals surface area contributed by atoms with Crippen molar-refractivity contribution in [3.05, 3.63) is 0 Å². The average Bonchev–Trinajstić information content (AvgIpc) is 2.17. The fraction of sp³-hybridized carbons (Fsp3) is 0.750. The Labute approximate surface area is 56.4 Å². The second-order valence-electron chi connectivity index (χ2n) is 2.55. The maximum Gasteiger partial charge on any atom is 0.0688 e. The van der Waals surface area contributed by atoms with Crippen LogP contribution in [0.15, 0.2) is 0 Å². The summed E-state index contributed by atoms with van der Waals surface area (Å²) in [5.74, 6) is 2.61. The van der Waals surface area contributed by atoms with Crippen molar-refractivity contribution in [3.8, 4) is 12.3 Å². The Bertz CT molecular complexity index is 123. The molecule has 0 radical (unpaired) electrons. The molecule has 1 aliphatic heterocycles. The Balaban J connectivity index is 2.24. The van der Waals surface area contributed by atoms with Gasteiger partial charge in [0.15, 0.2) is 0 Å². The lowest BCUT2D eigenvalue weighted by Gasteiger charge is -2.05. The Morgan fingerprint density at radius 1 is 1.67 bits per heavy atom. The van der Waals surface area contributed by atoms with Gasteiger partial charge in [-0.25, -0.2) is 0 Å². The fourth-order valence-electron chi connectivity index (χ4n) is 1.17. The maximum atomic E-state index is 5.46.